The fraction of sp³-hybridized carbons (Fsp3) is 0.312. The van der Waals surface area contributed by atoms with Gasteiger partial charge >= 0.3 is 5.97 Å². The van der Waals surface area contributed by atoms with Gasteiger partial charge in [0, 0.05) is 23.9 Å². The average molecular weight is 289 g/mol. The Balaban J connectivity index is 2.29. The van der Waals surface area contributed by atoms with Gasteiger partial charge in [0.05, 0.1) is 6.54 Å². The number of aryl methyl sites for hydroxylation is 2. The molecule has 0 aliphatic heterocycles. The van der Waals surface area contributed by atoms with Crippen molar-refractivity contribution in [2.75, 3.05) is 11.4 Å². The highest BCUT2D eigenvalue weighted by molar-refractivity contribution is 5.86. The number of hydrogen-bond acceptors (Lipinski definition) is 4. The standard InChI is InChI=1S/C16H19NO4/c1-4-17(14-8-12(18)6-5-10(14)2)9-13-7-11(3)15(21-13)16(19)20/h5-8,18H,4,9H2,1-3H3,(H,19,20). The number of benzene rings is 1. The summed E-state index contributed by atoms with van der Waals surface area (Å²) >= 11 is 0. The largest absolute Gasteiger partial charge is 0.508 e. The van der Waals surface area contributed by atoms with Gasteiger partial charge < -0.3 is 19.5 Å². The van der Waals surface area contributed by atoms with Crippen LogP contribution in [0.25, 0.3) is 0 Å². The minimum Gasteiger partial charge on any atom is -0.508 e. The van der Waals surface area contributed by atoms with Crippen LogP contribution in [0.2, 0.25) is 0 Å². The van der Waals surface area contributed by atoms with E-state index < -0.39 is 5.97 Å². The van der Waals surface area contributed by atoms with E-state index in [0.717, 1.165) is 11.3 Å². The van der Waals surface area contributed by atoms with Crippen LogP contribution in [0.4, 0.5) is 5.69 Å². The van der Waals surface area contributed by atoms with Crippen LogP contribution in [-0.4, -0.2) is 22.7 Å². The average Bonchev–Trinajstić information content (AvgIpc) is 2.80. The van der Waals surface area contributed by atoms with E-state index in [0.29, 0.717) is 24.4 Å². The molecule has 0 amide bonds. The molecular weight excluding hydrogens is 270 g/mol. The summed E-state index contributed by atoms with van der Waals surface area (Å²) in [6, 6.07) is 6.94. The van der Waals surface area contributed by atoms with Crippen LogP contribution in [0.5, 0.6) is 5.75 Å². The molecule has 0 atom stereocenters. The Bertz CT molecular complexity index is 660. The summed E-state index contributed by atoms with van der Waals surface area (Å²) in [6.45, 7) is 6.85. The smallest absolute Gasteiger partial charge is 0.372 e. The number of carbonyl (C=O) groups is 1. The first kappa shape index (κ1) is 15.0. The second kappa shape index (κ2) is 5.91. The Morgan fingerprint density at radius 2 is 1.95 bits per heavy atom. The Labute approximate surface area is 123 Å². The van der Waals surface area contributed by atoms with Crippen LogP contribution in [-0.2, 0) is 6.54 Å². The Hall–Kier alpha value is -2.43. The van der Waals surface area contributed by atoms with Gasteiger partial charge in [-0.05, 0) is 38.5 Å². The zero-order valence-electron chi connectivity index (χ0n) is 12.4. The SMILES string of the molecule is CCN(Cc1cc(C)c(C(=O)O)o1)c1cc(O)ccc1C. The molecule has 2 N–H and O–H groups in total. The Kier molecular flexibility index (Phi) is 4.21. The third-order valence-electron chi connectivity index (χ3n) is 3.42. The van der Waals surface area contributed by atoms with E-state index in [-0.39, 0.29) is 11.5 Å². The van der Waals surface area contributed by atoms with Gasteiger partial charge in [-0.2, -0.15) is 0 Å². The van der Waals surface area contributed by atoms with Gasteiger partial charge in [0.2, 0.25) is 5.76 Å². The second-order valence-electron chi connectivity index (χ2n) is 5.01. The molecule has 0 fully saturated rings. The van der Waals surface area contributed by atoms with E-state index in [4.69, 9.17) is 9.52 Å². The number of anilines is 1. The first-order valence-corrected chi connectivity index (χ1v) is 6.79. The molecule has 0 saturated carbocycles. The van der Waals surface area contributed by atoms with Gasteiger partial charge in [-0.3, -0.25) is 0 Å². The maximum absolute atomic E-state index is 11.0. The lowest BCUT2D eigenvalue weighted by atomic mass is 10.1. The predicted octanol–water partition coefficient (Wildman–Crippen LogP) is 3.33. The number of phenols is 1. The molecule has 1 aromatic carbocycles. The molecule has 0 aliphatic carbocycles. The van der Waals surface area contributed by atoms with Gasteiger partial charge in [0.1, 0.15) is 11.5 Å². The van der Waals surface area contributed by atoms with Gasteiger partial charge in [0.15, 0.2) is 0 Å². The molecule has 0 spiro atoms. The summed E-state index contributed by atoms with van der Waals surface area (Å²) in [7, 11) is 0. The monoisotopic (exact) mass is 289 g/mol. The fourth-order valence-corrected chi connectivity index (χ4v) is 2.33. The van der Waals surface area contributed by atoms with Crippen molar-refractivity contribution in [2.45, 2.75) is 27.3 Å². The highest BCUT2D eigenvalue weighted by Crippen LogP contribution is 2.27. The number of carboxylic acids is 1. The summed E-state index contributed by atoms with van der Waals surface area (Å²) in [5, 5.41) is 18.7. The lowest BCUT2D eigenvalue weighted by Crippen LogP contribution is -2.22. The number of rotatable bonds is 5. The van der Waals surface area contributed by atoms with Crippen LogP contribution in [0, 0.1) is 13.8 Å². The van der Waals surface area contributed by atoms with Crippen molar-refractivity contribution in [1.82, 2.24) is 0 Å². The first-order chi connectivity index (χ1) is 9.92. The van der Waals surface area contributed by atoms with E-state index in [1.54, 1.807) is 25.1 Å². The molecule has 112 valence electrons. The van der Waals surface area contributed by atoms with Crippen LogP contribution in [0.15, 0.2) is 28.7 Å². The van der Waals surface area contributed by atoms with Gasteiger partial charge in [-0.15, -0.1) is 0 Å². The summed E-state index contributed by atoms with van der Waals surface area (Å²) in [4.78, 5) is 13.0. The molecule has 0 radical (unpaired) electrons. The van der Waals surface area contributed by atoms with Gasteiger partial charge in [-0.1, -0.05) is 6.07 Å². The summed E-state index contributed by atoms with van der Waals surface area (Å²) in [5.74, 6) is -0.283. The summed E-state index contributed by atoms with van der Waals surface area (Å²) < 4.78 is 5.40. The molecule has 21 heavy (non-hydrogen) atoms. The van der Waals surface area contributed by atoms with Crippen molar-refractivity contribution in [3.8, 4) is 5.75 Å². The van der Waals surface area contributed by atoms with Crippen molar-refractivity contribution in [3.63, 3.8) is 0 Å². The molecule has 5 heteroatoms. The molecule has 0 saturated heterocycles. The third-order valence-corrected chi connectivity index (χ3v) is 3.42. The molecule has 0 unspecified atom stereocenters. The highest BCUT2D eigenvalue weighted by atomic mass is 16.4. The molecule has 1 aromatic heterocycles. The van der Waals surface area contributed by atoms with Crippen molar-refractivity contribution < 1.29 is 19.4 Å². The molecule has 0 aliphatic rings. The molecule has 1 heterocycles. The highest BCUT2D eigenvalue weighted by Gasteiger charge is 2.17. The third kappa shape index (κ3) is 3.18. The number of aromatic hydroxyl groups is 1. The minimum absolute atomic E-state index is 0.0197. The van der Waals surface area contributed by atoms with E-state index in [2.05, 4.69) is 0 Å². The van der Waals surface area contributed by atoms with E-state index in [1.165, 1.54) is 0 Å². The van der Waals surface area contributed by atoms with Gasteiger partial charge in [-0.25, -0.2) is 4.79 Å². The molecular formula is C16H19NO4. The van der Waals surface area contributed by atoms with Crippen LogP contribution >= 0.6 is 0 Å². The van der Waals surface area contributed by atoms with Gasteiger partial charge in [0.25, 0.3) is 0 Å². The molecule has 2 rings (SSSR count). The zero-order chi connectivity index (χ0) is 15.6. The van der Waals surface area contributed by atoms with Crippen molar-refractivity contribution in [3.05, 3.63) is 46.9 Å². The minimum atomic E-state index is -1.06. The number of aromatic carboxylic acids is 1. The molecule has 0 bridgehead atoms. The normalized spacial score (nSPS) is 10.6. The van der Waals surface area contributed by atoms with Crippen molar-refractivity contribution in [2.24, 2.45) is 0 Å². The van der Waals surface area contributed by atoms with E-state index in [9.17, 15) is 9.90 Å². The Morgan fingerprint density at radius 3 is 2.52 bits per heavy atom. The fourth-order valence-electron chi connectivity index (χ4n) is 2.33. The zero-order valence-corrected chi connectivity index (χ0v) is 12.4. The summed E-state index contributed by atoms with van der Waals surface area (Å²) in [5.41, 5.74) is 2.56. The van der Waals surface area contributed by atoms with Crippen molar-refractivity contribution in [1.29, 1.82) is 0 Å². The molecule has 2 aromatic rings. The summed E-state index contributed by atoms with van der Waals surface area (Å²) in [6.07, 6.45) is 0. The second-order valence-corrected chi connectivity index (χ2v) is 5.01. The van der Waals surface area contributed by atoms with Crippen LogP contribution in [0.3, 0.4) is 0 Å². The lowest BCUT2D eigenvalue weighted by molar-refractivity contribution is 0.0659. The number of phenolic OH excluding ortho intramolecular Hbond substituents is 1. The maximum Gasteiger partial charge on any atom is 0.372 e. The maximum atomic E-state index is 11.0. The number of carboxylic acid groups (broad SMARTS) is 1. The first-order valence-electron chi connectivity index (χ1n) is 6.79. The number of furan rings is 1. The topological polar surface area (TPSA) is 73.9 Å². The van der Waals surface area contributed by atoms with Crippen LogP contribution < -0.4 is 4.90 Å². The van der Waals surface area contributed by atoms with Crippen molar-refractivity contribution >= 4 is 11.7 Å². The Morgan fingerprint density at radius 1 is 1.24 bits per heavy atom. The van der Waals surface area contributed by atoms with E-state index in [1.807, 2.05) is 24.8 Å². The number of hydrogen-bond donors (Lipinski definition) is 2. The predicted molar refractivity (Wildman–Crippen MR) is 80.0 cm³/mol. The number of nitrogens with zero attached hydrogens (tertiary/aromatic N) is 1. The van der Waals surface area contributed by atoms with E-state index >= 15 is 0 Å². The lowest BCUT2D eigenvalue weighted by Gasteiger charge is -2.24. The van der Waals surface area contributed by atoms with Crippen LogP contribution in [0.1, 0.15) is 34.4 Å². The molecule has 5 nitrogen and oxygen atoms in total. The quantitative estimate of drug-likeness (QED) is 0.883.